The van der Waals surface area contributed by atoms with Crippen LogP contribution in [0, 0.1) is 0 Å². The van der Waals surface area contributed by atoms with Crippen LogP contribution in [-0.4, -0.2) is 25.0 Å². The Balaban J connectivity index is 2.43. The van der Waals surface area contributed by atoms with Gasteiger partial charge in [-0.25, -0.2) is 0 Å². The molecule has 1 aliphatic carbocycles. The zero-order valence-electron chi connectivity index (χ0n) is 9.53. The molecule has 3 N–H and O–H groups in total. The molecule has 1 fully saturated rings. The standard InChI is InChI=1S/C12H14N2O3/c1-14-12(16)8-3-2-4-9(10(8)11(13)15)17-7-5-6-7/h2-4,7H,5-6H2,1H3,(H2,13,15)(H,14,16). The van der Waals surface area contributed by atoms with Crippen molar-refractivity contribution in [2.24, 2.45) is 5.73 Å². The number of nitrogens with two attached hydrogens (primary N) is 1. The molecule has 90 valence electrons. The lowest BCUT2D eigenvalue weighted by atomic mass is 10.1. The number of ether oxygens (including phenoxy) is 1. The highest BCUT2D eigenvalue weighted by Gasteiger charge is 2.27. The van der Waals surface area contributed by atoms with E-state index >= 15 is 0 Å². The number of hydrogen-bond donors (Lipinski definition) is 2. The zero-order valence-corrected chi connectivity index (χ0v) is 9.53. The first-order valence-electron chi connectivity index (χ1n) is 5.45. The topological polar surface area (TPSA) is 81.4 Å². The van der Waals surface area contributed by atoms with Gasteiger partial charge in [0.2, 0.25) is 0 Å². The third-order valence-corrected chi connectivity index (χ3v) is 2.56. The van der Waals surface area contributed by atoms with Crippen molar-refractivity contribution in [1.82, 2.24) is 5.32 Å². The highest BCUT2D eigenvalue weighted by Crippen LogP contribution is 2.30. The molecule has 0 aliphatic heterocycles. The molecular formula is C12H14N2O3. The summed E-state index contributed by atoms with van der Waals surface area (Å²) in [4.78, 5) is 23.0. The number of nitrogens with one attached hydrogen (secondary N) is 1. The van der Waals surface area contributed by atoms with Gasteiger partial charge in [-0.2, -0.15) is 0 Å². The first-order chi connectivity index (χ1) is 8.13. The summed E-state index contributed by atoms with van der Waals surface area (Å²) in [6.07, 6.45) is 2.10. The first kappa shape index (κ1) is 11.4. The summed E-state index contributed by atoms with van der Waals surface area (Å²) >= 11 is 0. The van der Waals surface area contributed by atoms with Crippen molar-refractivity contribution in [3.63, 3.8) is 0 Å². The maximum Gasteiger partial charge on any atom is 0.253 e. The Morgan fingerprint density at radius 2 is 2.12 bits per heavy atom. The van der Waals surface area contributed by atoms with Crippen molar-refractivity contribution in [2.75, 3.05) is 7.05 Å². The van der Waals surface area contributed by atoms with Gasteiger partial charge in [-0.05, 0) is 25.0 Å². The third-order valence-electron chi connectivity index (χ3n) is 2.56. The van der Waals surface area contributed by atoms with Crippen molar-refractivity contribution in [1.29, 1.82) is 0 Å². The Bertz CT molecular complexity index is 467. The molecule has 1 saturated carbocycles. The highest BCUT2D eigenvalue weighted by molar-refractivity contribution is 6.08. The molecule has 17 heavy (non-hydrogen) atoms. The van der Waals surface area contributed by atoms with Crippen molar-refractivity contribution in [2.45, 2.75) is 18.9 Å². The maximum atomic E-state index is 11.6. The fourth-order valence-corrected chi connectivity index (χ4v) is 1.57. The van der Waals surface area contributed by atoms with Gasteiger partial charge < -0.3 is 15.8 Å². The van der Waals surface area contributed by atoms with Gasteiger partial charge in [0.05, 0.1) is 17.2 Å². The number of carbonyl (C=O) groups excluding carboxylic acids is 2. The van der Waals surface area contributed by atoms with E-state index in [9.17, 15) is 9.59 Å². The molecule has 0 atom stereocenters. The second-order valence-electron chi connectivity index (χ2n) is 3.94. The minimum absolute atomic E-state index is 0.146. The van der Waals surface area contributed by atoms with Gasteiger partial charge in [0.1, 0.15) is 5.75 Å². The van der Waals surface area contributed by atoms with Gasteiger partial charge in [-0.3, -0.25) is 9.59 Å². The molecule has 2 amide bonds. The molecular weight excluding hydrogens is 220 g/mol. The molecule has 5 nitrogen and oxygen atoms in total. The molecule has 0 saturated heterocycles. The van der Waals surface area contributed by atoms with E-state index in [0.29, 0.717) is 5.75 Å². The monoisotopic (exact) mass is 234 g/mol. The molecule has 0 radical (unpaired) electrons. The molecule has 0 bridgehead atoms. The molecule has 0 heterocycles. The molecule has 1 aromatic rings. The predicted octanol–water partition coefficient (Wildman–Crippen LogP) is 0.686. The van der Waals surface area contributed by atoms with E-state index in [2.05, 4.69) is 5.32 Å². The molecule has 1 aromatic carbocycles. The fraction of sp³-hybridized carbons (Fsp3) is 0.333. The van der Waals surface area contributed by atoms with Crippen LogP contribution in [0.3, 0.4) is 0 Å². The lowest BCUT2D eigenvalue weighted by molar-refractivity contribution is 0.0940. The normalized spacial score (nSPS) is 14.2. The van der Waals surface area contributed by atoms with Crippen LogP contribution in [0.25, 0.3) is 0 Å². The molecule has 0 aromatic heterocycles. The van der Waals surface area contributed by atoms with E-state index in [1.807, 2.05) is 0 Å². The van der Waals surface area contributed by atoms with Crippen molar-refractivity contribution in [3.8, 4) is 5.75 Å². The number of hydrogen-bond acceptors (Lipinski definition) is 3. The summed E-state index contributed by atoms with van der Waals surface area (Å²) in [7, 11) is 1.50. The quantitative estimate of drug-likeness (QED) is 0.804. The van der Waals surface area contributed by atoms with Crippen LogP contribution in [-0.2, 0) is 0 Å². The Morgan fingerprint density at radius 1 is 1.41 bits per heavy atom. The van der Waals surface area contributed by atoms with Gasteiger partial charge in [0, 0.05) is 7.05 Å². The lowest BCUT2D eigenvalue weighted by Crippen LogP contribution is -2.24. The average molecular weight is 234 g/mol. The highest BCUT2D eigenvalue weighted by atomic mass is 16.5. The van der Waals surface area contributed by atoms with E-state index < -0.39 is 5.91 Å². The minimum Gasteiger partial charge on any atom is -0.490 e. The van der Waals surface area contributed by atoms with Gasteiger partial charge >= 0.3 is 0 Å². The molecule has 0 spiro atoms. The van der Waals surface area contributed by atoms with Crippen LogP contribution >= 0.6 is 0 Å². The zero-order chi connectivity index (χ0) is 12.4. The maximum absolute atomic E-state index is 11.6. The smallest absolute Gasteiger partial charge is 0.253 e. The van der Waals surface area contributed by atoms with Crippen molar-refractivity contribution < 1.29 is 14.3 Å². The molecule has 2 rings (SSSR count). The fourth-order valence-electron chi connectivity index (χ4n) is 1.57. The molecule has 1 aliphatic rings. The van der Waals surface area contributed by atoms with Crippen LogP contribution < -0.4 is 15.8 Å². The summed E-state index contributed by atoms with van der Waals surface area (Å²) < 4.78 is 5.57. The van der Waals surface area contributed by atoms with Crippen LogP contribution in [0.1, 0.15) is 33.6 Å². The van der Waals surface area contributed by atoms with E-state index in [1.165, 1.54) is 7.05 Å². The Kier molecular flexibility index (Phi) is 2.99. The lowest BCUT2D eigenvalue weighted by Gasteiger charge is -2.12. The number of benzene rings is 1. The van der Waals surface area contributed by atoms with Crippen LogP contribution in [0.2, 0.25) is 0 Å². The van der Waals surface area contributed by atoms with E-state index in [0.717, 1.165) is 12.8 Å². The van der Waals surface area contributed by atoms with Crippen LogP contribution in [0.4, 0.5) is 0 Å². The summed E-state index contributed by atoms with van der Waals surface area (Å²) in [5, 5.41) is 2.47. The SMILES string of the molecule is CNC(=O)c1cccc(OC2CC2)c1C(N)=O. The number of primary amides is 1. The van der Waals surface area contributed by atoms with E-state index in [1.54, 1.807) is 18.2 Å². The number of carbonyl (C=O) groups is 2. The second-order valence-corrected chi connectivity index (χ2v) is 3.94. The van der Waals surface area contributed by atoms with Crippen LogP contribution in [0.15, 0.2) is 18.2 Å². The van der Waals surface area contributed by atoms with E-state index in [4.69, 9.17) is 10.5 Å². The average Bonchev–Trinajstić information content (AvgIpc) is 3.11. The summed E-state index contributed by atoms with van der Waals surface area (Å²) in [5.74, 6) is -0.610. The van der Waals surface area contributed by atoms with E-state index in [-0.39, 0.29) is 23.1 Å². The number of amides is 2. The summed E-state index contributed by atoms with van der Waals surface area (Å²) in [6.45, 7) is 0. The Labute approximate surface area is 98.9 Å². The number of rotatable bonds is 4. The first-order valence-corrected chi connectivity index (χ1v) is 5.45. The van der Waals surface area contributed by atoms with Gasteiger partial charge in [-0.15, -0.1) is 0 Å². The molecule has 5 heteroatoms. The van der Waals surface area contributed by atoms with Gasteiger partial charge in [0.25, 0.3) is 11.8 Å². The van der Waals surface area contributed by atoms with Gasteiger partial charge in [-0.1, -0.05) is 6.07 Å². The predicted molar refractivity (Wildman–Crippen MR) is 62.0 cm³/mol. The largest absolute Gasteiger partial charge is 0.490 e. The summed E-state index contributed by atoms with van der Waals surface area (Å²) in [5.41, 5.74) is 5.70. The van der Waals surface area contributed by atoms with Gasteiger partial charge in [0.15, 0.2) is 0 Å². The minimum atomic E-state index is -0.653. The van der Waals surface area contributed by atoms with Crippen molar-refractivity contribution in [3.05, 3.63) is 29.3 Å². The van der Waals surface area contributed by atoms with Crippen LogP contribution in [0.5, 0.6) is 5.75 Å². The Morgan fingerprint density at radius 3 is 2.65 bits per heavy atom. The Hall–Kier alpha value is -2.04. The third kappa shape index (κ3) is 2.38. The second kappa shape index (κ2) is 4.45. The molecule has 0 unspecified atom stereocenters. The van der Waals surface area contributed by atoms with Crippen molar-refractivity contribution >= 4 is 11.8 Å². The summed E-state index contributed by atoms with van der Waals surface area (Å²) in [6, 6.07) is 4.89.